The first-order valence-electron chi connectivity index (χ1n) is 6.09. The van der Waals surface area contributed by atoms with E-state index >= 15 is 0 Å². The summed E-state index contributed by atoms with van der Waals surface area (Å²) in [6.45, 7) is 1.76. The van der Waals surface area contributed by atoms with Gasteiger partial charge in [0.05, 0.1) is 5.56 Å². The molecule has 7 heteroatoms. The van der Waals surface area contributed by atoms with Crippen LogP contribution in [0, 0.1) is 0 Å². The van der Waals surface area contributed by atoms with Gasteiger partial charge in [0.15, 0.2) is 0 Å². The molecule has 0 saturated carbocycles. The Morgan fingerprint density at radius 2 is 2.00 bits per heavy atom. The van der Waals surface area contributed by atoms with Gasteiger partial charge in [-0.15, -0.1) is 0 Å². The average molecular weight is 344 g/mol. The molecule has 0 aliphatic carbocycles. The van der Waals surface area contributed by atoms with Gasteiger partial charge in [-0.1, -0.05) is 22.0 Å². The lowest BCUT2D eigenvalue weighted by molar-refractivity contribution is 0.0696. The summed E-state index contributed by atoms with van der Waals surface area (Å²) >= 11 is 3.35. The highest BCUT2D eigenvalue weighted by Crippen LogP contribution is 2.18. The summed E-state index contributed by atoms with van der Waals surface area (Å²) < 4.78 is 0.752. The molecule has 0 spiro atoms. The molecule has 0 heterocycles. The maximum Gasteiger partial charge on any atom is 0.335 e. The van der Waals surface area contributed by atoms with Crippen molar-refractivity contribution in [3.63, 3.8) is 0 Å². The van der Waals surface area contributed by atoms with Crippen molar-refractivity contribution >= 4 is 27.9 Å². The quantitative estimate of drug-likeness (QED) is 0.684. The van der Waals surface area contributed by atoms with E-state index in [1.54, 1.807) is 32.3 Å². The van der Waals surface area contributed by atoms with Crippen LogP contribution in [0.1, 0.15) is 15.9 Å². The van der Waals surface area contributed by atoms with Gasteiger partial charge in [-0.05, 0) is 17.7 Å². The normalized spacial score (nSPS) is 10.2. The fraction of sp³-hybridized carbons (Fsp3) is 0.385. The van der Waals surface area contributed by atoms with Crippen LogP contribution >= 0.6 is 15.9 Å². The monoisotopic (exact) mass is 343 g/mol. The van der Waals surface area contributed by atoms with Gasteiger partial charge >= 0.3 is 12.0 Å². The van der Waals surface area contributed by atoms with Gasteiger partial charge in [0, 0.05) is 38.2 Å². The number of amides is 2. The minimum absolute atomic E-state index is 0.126. The molecule has 20 heavy (non-hydrogen) atoms. The third kappa shape index (κ3) is 5.18. The number of hydrogen-bond donors (Lipinski definition) is 3. The van der Waals surface area contributed by atoms with E-state index in [4.69, 9.17) is 5.11 Å². The third-order valence-electron chi connectivity index (χ3n) is 2.60. The molecular formula is C13H18BrN3O3. The first-order chi connectivity index (χ1) is 9.41. The Labute approximate surface area is 126 Å². The van der Waals surface area contributed by atoms with E-state index in [2.05, 4.69) is 26.6 Å². The summed E-state index contributed by atoms with van der Waals surface area (Å²) in [6.07, 6.45) is 0. The van der Waals surface area contributed by atoms with Crippen molar-refractivity contribution in [1.82, 2.24) is 15.5 Å². The fourth-order valence-corrected chi connectivity index (χ4v) is 1.98. The summed E-state index contributed by atoms with van der Waals surface area (Å²) in [5.74, 6) is -0.948. The van der Waals surface area contributed by atoms with Crippen LogP contribution in [-0.2, 0) is 6.54 Å². The maximum absolute atomic E-state index is 11.3. The Morgan fingerprint density at radius 1 is 1.30 bits per heavy atom. The van der Waals surface area contributed by atoms with Crippen LogP contribution in [0.4, 0.5) is 4.79 Å². The van der Waals surface area contributed by atoms with Gasteiger partial charge in [0.25, 0.3) is 0 Å². The molecule has 0 fully saturated rings. The summed E-state index contributed by atoms with van der Waals surface area (Å²) in [6, 6.07) is 4.78. The molecule has 0 aromatic heterocycles. The average Bonchev–Trinajstić information content (AvgIpc) is 2.39. The van der Waals surface area contributed by atoms with Crippen molar-refractivity contribution in [3.8, 4) is 0 Å². The maximum atomic E-state index is 11.3. The molecule has 1 aromatic rings. The van der Waals surface area contributed by atoms with Crippen LogP contribution in [0.15, 0.2) is 22.7 Å². The lowest BCUT2D eigenvalue weighted by Gasteiger charge is -2.12. The minimum Gasteiger partial charge on any atom is -0.478 e. The topological polar surface area (TPSA) is 81.7 Å². The van der Waals surface area contributed by atoms with Crippen LogP contribution < -0.4 is 10.6 Å². The van der Waals surface area contributed by atoms with Crippen LogP contribution in [0.5, 0.6) is 0 Å². The Kier molecular flexibility index (Phi) is 6.47. The van der Waals surface area contributed by atoms with Crippen LogP contribution in [0.25, 0.3) is 0 Å². The van der Waals surface area contributed by atoms with E-state index in [1.165, 1.54) is 4.90 Å². The van der Waals surface area contributed by atoms with Crippen molar-refractivity contribution in [2.24, 2.45) is 0 Å². The number of rotatable bonds is 6. The Morgan fingerprint density at radius 3 is 2.55 bits per heavy atom. The molecule has 2 amide bonds. The second kappa shape index (κ2) is 7.86. The summed E-state index contributed by atoms with van der Waals surface area (Å²) in [4.78, 5) is 23.5. The summed E-state index contributed by atoms with van der Waals surface area (Å²) in [5.41, 5.74) is 1.22. The fourth-order valence-electron chi connectivity index (χ4n) is 1.46. The predicted octanol–water partition coefficient (Wildman–Crippen LogP) is 1.51. The number of carboxylic acid groups (broad SMARTS) is 1. The van der Waals surface area contributed by atoms with Gasteiger partial charge in [-0.3, -0.25) is 0 Å². The second-order valence-electron chi connectivity index (χ2n) is 4.41. The Hall–Kier alpha value is -1.60. The number of urea groups is 1. The molecular weight excluding hydrogens is 326 g/mol. The first kappa shape index (κ1) is 16.5. The van der Waals surface area contributed by atoms with Crippen LogP contribution in [0.2, 0.25) is 0 Å². The van der Waals surface area contributed by atoms with Crippen molar-refractivity contribution in [3.05, 3.63) is 33.8 Å². The number of halogens is 1. The van der Waals surface area contributed by atoms with Gasteiger partial charge in [0.1, 0.15) is 0 Å². The van der Waals surface area contributed by atoms with Crippen molar-refractivity contribution < 1.29 is 14.7 Å². The molecule has 3 N–H and O–H groups in total. The smallest absolute Gasteiger partial charge is 0.335 e. The number of benzene rings is 1. The number of nitrogens with zero attached hydrogens (tertiary/aromatic N) is 1. The molecule has 0 radical (unpaired) electrons. The van der Waals surface area contributed by atoms with Crippen molar-refractivity contribution in [2.45, 2.75) is 6.54 Å². The number of carboxylic acids is 1. The van der Waals surface area contributed by atoms with E-state index in [-0.39, 0.29) is 11.6 Å². The Balaban J connectivity index is 2.36. The largest absolute Gasteiger partial charge is 0.478 e. The first-order valence-corrected chi connectivity index (χ1v) is 6.88. The highest BCUT2D eigenvalue weighted by atomic mass is 79.9. The zero-order chi connectivity index (χ0) is 15.1. The highest BCUT2D eigenvalue weighted by Gasteiger charge is 2.06. The van der Waals surface area contributed by atoms with E-state index < -0.39 is 5.97 Å². The van der Waals surface area contributed by atoms with E-state index in [1.807, 2.05) is 0 Å². The standard InChI is InChI=1S/C13H18BrN3O3/c1-17(2)13(20)16-6-5-15-8-10-4-3-9(12(18)19)7-11(10)14/h3-4,7,15H,5-6,8H2,1-2H3,(H,16,20)(H,18,19). The van der Waals surface area contributed by atoms with Crippen molar-refractivity contribution in [1.29, 1.82) is 0 Å². The molecule has 0 unspecified atom stereocenters. The van der Waals surface area contributed by atoms with Gasteiger partial charge in [-0.25, -0.2) is 9.59 Å². The molecule has 0 aliphatic rings. The molecule has 0 aliphatic heterocycles. The summed E-state index contributed by atoms with van der Waals surface area (Å²) in [5, 5.41) is 14.8. The zero-order valence-electron chi connectivity index (χ0n) is 11.4. The van der Waals surface area contributed by atoms with Gasteiger partial charge < -0.3 is 20.6 Å². The van der Waals surface area contributed by atoms with E-state index in [0.717, 1.165) is 10.0 Å². The molecule has 0 saturated heterocycles. The van der Waals surface area contributed by atoms with Gasteiger partial charge in [-0.2, -0.15) is 0 Å². The molecule has 1 rings (SSSR count). The number of aromatic carboxylic acids is 1. The highest BCUT2D eigenvalue weighted by molar-refractivity contribution is 9.10. The minimum atomic E-state index is -0.948. The third-order valence-corrected chi connectivity index (χ3v) is 3.34. The predicted molar refractivity (Wildman–Crippen MR) is 79.9 cm³/mol. The Bertz CT molecular complexity index is 492. The SMILES string of the molecule is CN(C)C(=O)NCCNCc1ccc(C(=O)O)cc1Br. The van der Waals surface area contributed by atoms with Crippen LogP contribution in [-0.4, -0.2) is 49.2 Å². The molecule has 1 aromatic carbocycles. The second-order valence-corrected chi connectivity index (χ2v) is 5.27. The molecule has 0 bridgehead atoms. The summed E-state index contributed by atoms with van der Waals surface area (Å²) in [7, 11) is 3.37. The number of hydrogen-bond acceptors (Lipinski definition) is 3. The molecule has 110 valence electrons. The molecule has 0 atom stereocenters. The van der Waals surface area contributed by atoms with Gasteiger partial charge in [0.2, 0.25) is 0 Å². The number of carbonyl (C=O) groups excluding carboxylic acids is 1. The lowest BCUT2D eigenvalue weighted by atomic mass is 10.1. The van der Waals surface area contributed by atoms with E-state index in [9.17, 15) is 9.59 Å². The zero-order valence-corrected chi connectivity index (χ0v) is 13.0. The number of carbonyl (C=O) groups is 2. The van der Waals surface area contributed by atoms with Crippen LogP contribution in [0.3, 0.4) is 0 Å². The lowest BCUT2D eigenvalue weighted by Crippen LogP contribution is -2.38. The van der Waals surface area contributed by atoms with E-state index in [0.29, 0.717) is 19.6 Å². The van der Waals surface area contributed by atoms with Crippen molar-refractivity contribution in [2.75, 3.05) is 27.2 Å². The number of nitrogens with one attached hydrogen (secondary N) is 2. The molecule has 6 nitrogen and oxygen atoms in total.